The third-order valence-corrected chi connectivity index (χ3v) is 4.31. The molecule has 2 aromatic rings. The van der Waals surface area contributed by atoms with Crippen molar-refractivity contribution in [3.8, 4) is 6.08 Å². The molecule has 25 heavy (non-hydrogen) atoms. The van der Waals surface area contributed by atoms with Crippen LogP contribution in [0.5, 0.6) is 6.08 Å². The molecule has 0 atom stereocenters. The Balaban J connectivity index is 1.68. The highest BCUT2D eigenvalue weighted by molar-refractivity contribution is 6.31. The molecule has 0 unspecified atom stereocenters. The van der Waals surface area contributed by atoms with Gasteiger partial charge in [0.05, 0.1) is 0 Å². The van der Waals surface area contributed by atoms with Crippen LogP contribution in [0.2, 0.25) is 5.02 Å². The Morgan fingerprint density at radius 2 is 2.20 bits per heavy atom. The Hall–Kier alpha value is -2.27. The summed E-state index contributed by atoms with van der Waals surface area (Å²) in [5.41, 5.74) is 3.32. The van der Waals surface area contributed by atoms with Crippen LogP contribution in [0.4, 0.5) is 0 Å². The number of rotatable bonds is 4. The molecule has 1 aromatic carbocycles. The predicted molar refractivity (Wildman–Crippen MR) is 97.5 cm³/mol. The van der Waals surface area contributed by atoms with E-state index in [0.29, 0.717) is 16.1 Å². The molecular formula is C19H21ClN2O3. The number of oxazole rings is 1. The molecule has 0 aliphatic heterocycles. The van der Waals surface area contributed by atoms with Gasteiger partial charge in [0.25, 0.3) is 5.91 Å². The van der Waals surface area contributed by atoms with Gasteiger partial charge in [-0.2, -0.15) is 4.98 Å². The molecule has 0 saturated carbocycles. The van der Waals surface area contributed by atoms with E-state index in [-0.39, 0.29) is 24.0 Å². The Bertz CT molecular complexity index is 880. The molecule has 1 amide bonds. The summed E-state index contributed by atoms with van der Waals surface area (Å²) in [6.07, 6.45) is 5.19. The average molecular weight is 361 g/mol. The lowest BCUT2D eigenvalue weighted by Gasteiger charge is -2.30. The van der Waals surface area contributed by atoms with Gasteiger partial charge in [-0.1, -0.05) is 37.1 Å². The number of hydrogen-bond donors (Lipinski definition) is 0. The van der Waals surface area contributed by atoms with Crippen molar-refractivity contribution < 1.29 is 13.9 Å². The largest absolute Gasteiger partial charge is 0.440 e. The van der Waals surface area contributed by atoms with Gasteiger partial charge >= 0.3 is 6.08 Å². The van der Waals surface area contributed by atoms with Crippen molar-refractivity contribution in [2.24, 2.45) is 5.41 Å². The molecule has 1 aromatic heterocycles. The molecule has 1 aliphatic rings. The van der Waals surface area contributed by atoms with Crippen LogP contribution < -0.4 is 4.74 Å². The van der Waals surface area contributed by atoms with Crippen LogP contribution in [0.1, 0.15) is 27.2 Å². The van der Waals surface area contributed by atoms with E-state index in [1.165, 1.54) is 5.57 Å². The summed E-state index contributed by atoms with van der Waals surface area (Å²) < 4.78 is 10.9. The van der Waals surface area contributed by atoms with Gasteiger partial charge in [-0.05, 0) is 43.0 Å². The number of allylic oxidation sites excluding steroid dienone is 3. The quantitative estimate of drug-likeness (QED) is 0.800. The summed E-state index contributed by atoms with van der Waals surface area (Å²) in [7, 11) is 1.74. The van der Waals surface area contributed by atoms with Gasteiger partial charge in [0, 0.05) is 17.8 Å². The number of likely N-dealkylation sites (N-methyl/N-ethyl adjacent to an activating group) is 1. The lowest BCUT2D eigenvalue weighted by molar-refractivity contribution is -0.130. The minimum Gasteiger partial charge on any atom is -0.440 e. The van der Waals surface area contributed by atoms with Crippen molar-refractivity contribution >= 4 is 28.6 Å². The molecule has 1 heterocycles. The maximum Gasteiger partial charge on any atom is 0.395 e. The van der Waals surface area contributed by atoms with Crippen molar-refractivity contribution in [3.63, 3.8) is 0 Å². The highest BCUT2D eigenvalue weighted by Gasteiger charge is 2.24. The molecule has 5 nitrogen and oxygen atoms in total. The van der Waals surface area contributed by atoms with Gasteiger partial charge in [-0.3, -0.25) is 4.79 Å². The third kappa shape index (κ3) is 4.04. The number of carbonyl (C=O) groups excluding carboxylic acids is 1. The second kappa shape index (κ2) is 6.56. The molecule has 3 rings (SSSR count). The minimum absolute atomic E-state index is 0.0309. The Labute approximate surface area is 151 Å². The third-order valence-electron chi connectivity index (χ3n) is 4.08. The number of benzene rings is 1. The number of carbonyl (C=O) groups is 1. The smallest absolute Gasteiger partial charge is 0.395 e. The van der Waals surface area contributed by atoms with E-state index in [4.69, 9.17) is 20.8 Å². The number of amides is 1. The predicted octanol–water partition coefficient (Wildman–Crippen LogP) is 4.58. The van der Waals surface area contributed by atoms with E-state index < -0.39 is 0 Å². The van der Waals surface area contributed by atoms with Gasteiger partial charge < -0.3 is 14.1 Å². The Morgan fingerprint density at radius 3 is 2.92 bits per heavy atom. The molecule has 0 bridgehead atoms. The summed E-state index contributed by atoms with van der Waals surface area (Å²) in [5, 5.41) is 0.567. The van der Waals surface area contributed by atoms with Crippen molar-refractivity contribution in [1.29, 1.82) is 0 Å². The summed E-state index contributed by atoms with van der Waals surface area (Å²) in [5.74, 6) is -0.173. The van der Waals surface area contributed by atoms with Crippen LogP contribution in [-0.2, 0) is 4.79 Å². The molecule has 0 fully saturated rings. The highest BCUT2D eigenvalue weighted by atomic mass is 35.5. The van der Waals surface area contributed by atoms with Crippen molar-refractivity contribution in [2.45, 2.75) is 27.2 Å². The molecule has 132 valence electrons. The maximum absolute atomic E-state index is 12.4. The first-order chi connectivity index (χ1) is 11.7. The van der Waals surface area contributed by atoms with Crippen molar-refractivity contribution in [1.82, 2.24) is 9.88 Å². The Morgan fingerprint density at radius 1 is 1.44 bits per heavy atom. The summed E-state index contributed by atoms with van der Waals surface area (Å²) >= 11 is 5.92. The summed E-state index contributed by atoms with van der Waals surface area (Å²) in [6, 6.07) is 5.11. The molecule has 0 spiro atoms. The molecular weight excluding hydrogens is 340 g/mol. The van der Waals surface area contributed by atoms with Gasteiger partial charge in [0.2, 0.25) is 0 Å². The monoisotopic (exact) mass is 360 g/mol. The molecule has 0 saturated heterocycles. The fourth-order valence-corrected chi connectivity index (χ4v) is 3.18. The second-order valence-electron chi connectivity index (χ2n) is 7.06. The second-order valence-corrected chi connectivity index (χ2v) is 7.49. The van der Waals surface area contributed by atoms with E-state index in [0.717, 1.165) is 12.1 Å². The highest BCUT2D eigenvalue weighted by Crippen LogP contribution is 2.33. The first-order valence-electron chi connectivity index (χ1n) is 8.09. The van der Waals surface area contributed by atoms with Crippen molar-refractivity contribution in [2.75, 3.05) is 13.7 Å². The lowest BCUT2D eigenvalue weighted by atomic mass is 9.81. The average Bonchev–Trinajstić information content (AvgIpc) is 2.91. The van der Waals surface area contributed by atoms with Crippen molar-refractivity contribution in [3.05, 3.63) is 46.6 Å². The SMILES string of the molecule is CC1=CC(N(C)C(=O)COc2nc3cc(Cl)ccc3o2)=CC(C)(C)C1. The normalized spacial score (nSPS) is 16.4. The van der Waals surface area contributed by atoms with Gasteiger partial charge in [-0.15, -0.1) is 0 Å². The van der Waals surface area contributed by atoms with Crippen LogP contribution in [0, 0.1) is 5.41 Å². The van der Waals surface area contributed by atoms with Gasteiger partial charge in [0.15, 0.2) is 12.2 Å². The van der Waals surface area contributed by atoms with E-state index in [1.807, 2.05) is 6.08 Å². The van der Waals surface area contributed by atoms with Gasteiger partial charge in [-0.25, -0.2) is 0 Å². The number of nitrogens with zero attached hydrogens (tertiary/aromatic N) is 2. The number of fused-ring (bicyclic) bond motifs is 1. The van der Waals surface area contributed by atoms with Crippen LogP contribution in [0.15, 0.2) is 46.0 Å². The fraction of sp³-hybridized carbons (Fsp3) is 0.368. The molecule has 0 N–H and O–H groups in total. The number of ether oxygens (including phenoxy) is 1. The number of aromatic nitrogens is 1. The van der Waals surface area contributed by atoms with Crippen LogP contribution in [0.25, 0.3) is 11.1 Å². The lowest BCUT2D eigenvalue weighted by Crippen LogP contribution is -2.32. The fourth-order valence-electron chi connectivity index (χ4n) is 3.01. The van der Waals surface area contributed by atoms with Gasteiger partial charge in [0.1, 0.15) is 5.52 Å². The minimum atomic E-state index is -0.173. The first kappa shape index (κ1) is 17.5. The summed E-state index contributed by atoms with van der Waals surface area (Å²) in [4.78, 5) is 18.2. The zero-order valence-electron chi connectivity index (χ0n) is 14.8. The summed E-state index contributed by atoms with van der Waals surface area (Å²) in [6.45, 7) is 6.23. The van der Waals surface area contributed by atoms with Crippen LogP contribution in [0.3, 0.4) is 0 Å². The zero-order chi connectivity index (χ0) is 18.2. The topological polar surface area (TPSA) is 55.6 Å². The molecule has 6 heteroatoms. The maximum atomic E-state index is 12.4. The first-order valence-corrected chi connectivity index (χ1v) is 8.47. The number of halogens is 1. The zero-order valence-corrected chi connectivity index (χ0v) is 15.6. The van der Waals surface area contributed by atoms with E-state index in [1.54, 1.807) is 30.1 Å². The van der Waals surface area contributed by atoms with E-state index in [2.05, 4.69) is 31.8 Å². The van der Waals surface area contributed by atoms with Crippen LogP contribution in [-0.4, -0.2) is 29.4 Å². The molecule has 0 radical (unpaired) electrons. The Kier molecular flexibility index (Phi) is 4.60. The van der Waals surface area contributed by atoms with E-state index in [9.17, 15) is 4.79 Å². The number of hydrogen-bond acceptors (Lipinski definition) is 4. The van der Waals surface area contributed by atoms with E-state index >= 15 is 0 Å². The van der Waals surface area contributed by atoms with Crippen LogP contribution >= 0.6 is 11.6 Å². The standard InChI is InChI=1S/C19H21ClN2O3/c1-12-7-14(10-19(2,3)9-12)22(4)17(23)11-24-18-21-15-8-13(20)5-6-16(15)25-18/h5-8,10H,9,11H2,1-4H3. The molecule has 1 aliphatic carbocycles.